The zero-order valence-electron chi connectivity index (χ0n) is 13.1. The van der Waals surface area contributed by atoms with Gasteiger partial charge in [0.1, 0.15) is 11.6 Å². The lowest BCUT2D eigenvalue weighted by molar-refractivity contribution is 0.474. The molecule has 2 N–H and O–H groups in total. The number of phenols is 1. The largest absolute Gasteiger partial charge is 0.507 e. The summed E-state index contributed by atoms with van der Waals surface area (Å²) < 4.78 is 1.82. The van der Waals surface area contributed by atoms with E-state index in [1.807, 2.05) is 0 Å². The Morgan fingerprint density at radius 2 is 1.84 bits per heavy atom. The van der Waals surface area contributed by atoms with E-state index in [2.05, 4.69) is 25.5 Å². The van der Waals surface area contributed by atoms with Gasteiger partial charge in [-0.2, -0.15) is 25.1 Å². The molecule has 0 fully saturated rings. The van der Waals surface area contributed by atoms with Gasteiger partial charge in [-0.05, 0) is 61.6 Å². The third-order valence-electron chi connectivity index (χ3n) is 3.24. The minimum Gasteiger partial charge on any atom is -0.507 e. The first-order valence-electron chi connectivity index (χ1n) is 7.21. The number of aryl methyl sites for hydroxylation is 1. The normalized spacial score (nSPS) is 11.6. The molecular weight excluding hydrogens is 360 g/mol. The molecular formula is C16H13ClN6OS. The molecule has 0 spiro atoms. The van der Waals surface area contributed by atoms with E-state index >= 15 is 0 Å². The Hall–Kier alpha value is -2.84. The van der Waals surface area contributed by atoms with Crippen LogP contribution in [-0.4, -0.2) is 26.2 Å². The summed E-state index contributed by atoms with van der Waals surface area (Å²) in [5.41, 5.74) is 1.73. The fraction of sp³-hybridized carbons (Fsp3) is 0.0625. The van der Waals surface area contributed by atoms with Crippen molar-refractivity contribution in [1.82, 2.24) is 14.9 Å². The van der Waals surface area contributed by atoms with E-state index in [0.29, 0.717) is 32.6 Å². The summed E-state index contributed by atoms with van der Waals surface area (Å²) in [6.07, 6.45) is 1.48. The van der Waals surface area contributed by atoms with Crippen LogP contribution >= 0.6 is 23.8 Å². The van der Waals surface area contributed by atoms with Crippen LogP contribution in [0, 0.1) is 11.7 Å². The lowest BCUT2D eigenvalue weighted by atomic mass is 10.2. The van der Waals surface area contributed by atoms with Crippen molar-refractivity contribution in [3.8, 4) is 5.75 Å². The number of aromatic amines is 1. The van der Waals surface area contributed by atoms with E-state index in [1.54, 1.807) is 43.3 Å². The Balaban J connectivity index is 1.85. The number of aromatic nitrogens is 3. The lowest BCUT2D eigenvalue weighted by Gasteiger charge is -2.00. The molecule has 126 valence electrons. The van der Waals surface area contributed by atoms with Crippen LogP contribution in [0.2, 0.25) is 5.02 Å². The van der Waals surface area contributed by atoms with Gasteiger partial charge in [-0.25, -0.2) is 0 Å². The molecule has 0 aliphatic rings. The predicted octanol–water partition coefficient (Wildman–Crippen LogP) is 4.91. The maximum atomic E-state index is 9.98. The van der Waals surface area contributed by atoms with Crippen molar-refractivity contribution in [2.24, 2.45) is 15.3 Å². The van der Waals surface area contributed by atoms with E-state index < -0.39 is 0 Å². The topological polar surface area (TPSA) is 90.9 Å². The van der Waals surface area contributed by atoms with Crippen LogP contribution in [0.3, 0.4) is 0 Å². The van der Waals surface area contributed by atoms with Crippen LogP contribution in [0.25, 0.3) is 0 Å². The molecule has 3 rings (SSSR count). The Morgan fingerprint density at radius 3 is 2.52 bits per heavy atom. The molecule has 0 radical (unpaired) electrons. The summed E-state index contributed by atoms with van der Waals surface area (Å²) >= 11 is 10.9. The van der Waals surface area contributed by atoms with Gasteiger partial charge in [-0.1, -0.05) is 11.6 Å². The van der Waals surface area contributed by atoms with E-state index in [-0.39, 0.29) is 5.75 Å². The molecule has 7 nitrogen and oxygen atoms in total. The summed E-state index contributed by atoms with van der Waals surface area (Å²) in [6.45, 7) is 1.76. The molecule has 0 bridgehead atoms. The fourth-order valence-corrected chi connectivity index (χ4v) is 2.31. The van der Waals surface area contributed by atoms with Gasteiger partial charge in [-0.15, -0.1) is 0 Å². The minimum atomic E-state index is 0.0712. The highest BCUT2D eigenvalue weighted by Crippen LogP contribution is 2.24. The van der Waals surface area contributed by atoms with Crippen molar-refractivity contribution >= 4 is 41.4 Å². The maximum absolute atomic E-state index is 9.98. The number of H-pyrrole nitrogens is 1. The van der Waals surface area contributed by atoms with Crippen LogP contribution in [0.5, 0.6) is 5.75 Å². The van der Waals surface area contributed by atoms with Crippen molar-refractivity contribution in [2.75, 3.05) is 0 Å². The van der Waals surface area contributed by atoms with Crippen LogP contribution < -0.4 is 0 Å². The standard InChI is InChI=1S/C16H13ClN6OS/c1-10-19-22-16(25)23(10)18-9-11-8-14(6-7-15(11)24)21-20-13-4-2-12(17)3-5-13/h2-9,24H,1H3,(H,22,25)/b18-9+,21-20?. The second-order valence-corrected chi connectivity index (χ2v) is 5.88. The smallest absolute Gasteiger partial charge is 0.216 e. The number of halogens is 1. The maximum Gasteiger partial charge on any atom is 0.216 e. The first-order chi connectivity index (χ1) is 12.0. The van der Waals surface area contributed by atoms with Gasteiger partial charge < -0.3 is 5.11 Å². The lowest BCUT2D eigenvalue weighted by Crippen LogP contribution is -1.94. The molecule has 0 aliphatic heterocycles. The van der Waals surface area contributed by atoms with E-state index in [9.17, 15) is 5.11 Å². The van der Waals surface area contributed by atoms with Crippen LogP contribution in [-0.2, 0) is 0 Å². The molecule has 0 aliphatic carbocycles. The molecule has 0 saturated carbocycles. The summed E-state index contributed by atoms with van der Waals surface area (Å²) in [6, 6.07) is 11.8. The molecule has 1 aromatic heterocycles. The van der Waals surface area contributed by atoms with Crippen LogP contribution in [0.4, 0.5) is 11.4 Å². The molecule has 0 amide bonds. The van der Waals surface area contributed by atoms with E-state index in [1.165, 1.54) is 17.0 Å². The van der Waals surface area contributed by atoms with Crippen LogP contribution in [0.1, 0.15) is 11.4 Å². The van der Waals surface area contributed by atoms with Crippen molar-refractivity contribution < 1.29 is 5.11 Å². The molecule has 3 aromatic rings. The molecule has 9 heteroatoms. The van der Waals surface area contributed by atoms with Crippen molar-refractivity contribution in [2.45, 2.75) is 6.92 Å². The van der Waals surface area contributed by atoms with Crippen LogP contribution in [0.15, 0.2) is 57.8 Å². The fourth-order valence-electron chi connectivity index (χ4n) is 1.96. The first-order valence-corrected chi connectivity index (χ1v) is 8.00. The number of nitrogens with zero attached hydrogens (tertiary/aromatic N) is 5. The average molecular weight is 373 g/mol. The van der Waals surface area contributed by atoms with E-state index in [4.69, 9.17) is 23.8 Å². The van der Waals surface area contributed by atoms with Gasteiger partial charge in [0.2, 0.25) is 4.77 Å². The Labute approximate surface area is 153 Å². The quantitative estimate of drug-likeness (QED) is 0.387. The zero-order valence-corrected chi connectivity index (χ0v) is 14.7. The van der Waals surface area contributed by atoms with Gasteiger partial charge in [0, 0.05) is 10.6 Å². The number of aromatic hydroxyl groups is 1. The number of benzene rings is 2. The molecule has 0 atom stereocenters. The van der Waals surface area contributed by atoms with Gasteiger partial charge in [-0.3, -0.25) is 5.10 Å². The van der Waals surface area contributed by atoms with Gasteiger partial charge >= 0.3 is 0 Å². The molecule has 2 aromatic carbocycles. The summed E-state index contributed by atoms with van der Waals surface area (Å²) in [7, 11) is 0. The highest BCUT2D eigenvalue weighted by atomic mass is 35.5. The SMILES string of the molecule is Cc1n[nH]c(=S)n1/N=C/c1cc(N=Nc2ccc(Cl)cc2)ccc1O. The van der Waals surface area contributed by atoms with Gasteiger partial charge in [0.25, 0.3) is 0 Å². The van der Waals surface area contributed by atoms with E-state index in [0.717, 1.165) is 0 Å². The molecule has 0 unspecified atom stereocenters. The van der Waals surface area contributed by atoms with Crippen molar-refractivity contribution in [3.05, 3.63) is 63.6 Å². The van der Waals surface area contributed by atoms with Gasteiger partial charge in [0.15, 0.2) is 0 Å². The Kier molecular flexibility index (Phi) is 5.01. The third-order valence-corrected chi connectivity index (χ3v) is 3.76. The second kappa shape index (κ2) is 7.37. The Morgan fingerprint density at radius 1 is 1.16 bits per heavy atom. The van der Waals surface area contributed by atoms with Crippen molar-refractivity contribution in [3.63, 3.8) is 0 Å². The zero-order chi connectivity index (χ0) is 17.8. The number of nitrogens with one attached hydrogen (secondary N) is 1. The third kappa shape index (κ3) is 4.17. The van der Waals surface area contributed by atoms with Gasteiger partial charge in [0.05, 0.1) is 17.6 Å². The second-order valence-electron chi connectivity index (χ2n) is 5.05. The summed E-state index contributed by atoms with van der Waals surface area (Å²) in [5, 5.41) is 29.7. The number of azo groups is 1. The molecule has 1 heterocycles. The first kappa shape index (κ1) is 17.0. The summed E-state index contributed by atoms with van der Waals surface area (Å²) in [4.78, 5) is 0. The number of rotatable bonds is 4. The minimum absolute atomic E-state index is 0.0712. The van der Waals surface area contributed by atoms with Crippen molar-refractivity contribution in [1.29, 1.82) is 0 Å². The molecule has 25 heavy (non-hydrogen) atoms. The highest BCUT2D eigenvalue weighted by molar-refractivity contribution is 7.71. The highest BCUT2D eigenvalue weighted by Gasteiger charge is 2.02. The predicted molar refractivity (Wildman–Crippen MR) is 98.9 cm³/mol. The monoisotopic (exact) mass is 372 g/mol. The number of hydrogen-bond acceptors (Lipinski definition) is 6. The number of phenolic OH excluding ortho intramolecular Hbond substituents is 1. The number of hydrogen-bond donors (Lipinski definition) is 2. The summed E-state index contributed by atoms with van der Waals surface area (Å²) in [5.74, 6) is 0.682. The Bertz CT molecular complexity index is 1010. The molecule has 0 saturated heterocycles. The average Bonchev–Trinajstić information content (AvgIpc) is 2.92.